The van der Waals surface area contributed by atoms with E-state index in [1.54, 1.807) is 36.4 Å². The molecule has 0 saturated heterocycles. The predicted molar refractivity (Wildman–Crippen MR) is 68.9 cm³/mol. The Morgan fingerprint density at radius 1 is 1.00 bits per heavy atom. The van der Waals surface area contributed by atoms with Crippen LogP contribution in [0.25, 0.3) is 11.1 Å². The molecule has 0 aromatic heterocycles. The molecule has 0 aliphatic heterocycles. The first-order valence-electron chi connectivity index (χ1n) is 4.87. The minimum absolute atomic E-state index is 0.183. The molecule has 0 aliphatic rings. The van der Waals surface area contributed by atoms with Gasteiger partial charge in [-0.15, -0.1) is 0 Å². The quantitative estimate of drug-likeness (QED) is 0.877. The smallest absolute Gasteiger partial charge is 0.336 e. The SMILES string of the molecule is O=C(O)c1ccc(Cl)cc1-c1ccccc1Cl. The van der Waals surface area contributed by atoms with Crippen LogP contribution in [0.4, 0.5) is 0 Å². The van der Waals surface area contributed by atoms with Crippen LogP contribution in [-0.4, -0.2) is 11.1 Å². The maximum absolute atomic E-state index is 11.1. The number of carbonyl (C=O) groups is 1. The van der Waals surface area contributed by atoms with E-state index in [1.807, 2.05) is 0 Å². The third-order valence-electron chi connectivity index (χ3n) is 2.38. The Morgan fingerprint density at radius 2 is 1.71 bits per heavy atom. The second kappa shape index (κ2) is 4.78. The number of carboxylic acid groups (broad SMARTS) is 1. The Morgan fingerprint density at radius 3 is 2.35 bits per heavy atom. The van der Waals surface area contributed by atoms with E-state index in [0.717, 1.165) is 0 Å². The van der Waals surface area contributed by atoms with Crippen LogP contribution in [0, 0.1) is 0 Å². The van der Waals surface area contributed by atoms with Crippen molar-refractivity contribution in [1.82, 2.24) is 0 Å². The molecule has 0 unspecified atom stereocenters. The molecule has 0 bridgehead atoms. The summed E-state index contributed by atoms with van der Waals surface area (Å²) in [5, 5.41) is 10.1. The fraction of sp³-hybridized carbons (Fsp3) is 0. The van der Waals surface area contributed by atoms with Gasteiger partial charge in [0.2, 0.25) is 0 Å². The predicted octanol–water partition coefficient (Wildman–Crippen LogP) is 4.36. The molecule has 2 rings (SSSR count). The summed E-state index contributed by atoms with van der Waals surface area (Å²) in [6, 6.07) is 11.7. The molecule has 4 heteroatoms. The zero-order valence-electron chi connectivity index (χ0n) is 8.65. The lowest BCUT2D eigenvalue weighted by molar-refractivity contribution is 0.0698. The van der Waals surface area contributed by atoms with Crippen LogP contribution in [-0.2, 0) is 0 Å². The molecule has 0 spiro atoms. The number of carboxylic acids is 1. The van der Waals surface area contributed by atoms with Crippen LogP contribution in [0.2, 0.25) is 10.0 Å². The van der Waals surface area contributed by atoms with E-state index < -0.39 is 5.97 Å². The van der Waals surface area contributed by atoms with Crippen LogP contribution in [0.3, 0.4) is 0 Å². The van der Waals surface area contributed by atoms with E-state index in [1.165, 1.54) is 6.07 Å². The largest absolute Gasteiger partial charge is 0.478 e. The van der Waals surface area contributed by atoms with Crippen LogP contribution in [0.1, 0.15) is 10.4 Å². The van der Waals surface area contributed by atoms with Gasteiger partial charge in [-0.05, 0) is 29.8 Å². The summed E-state index contributed by atoms with van der Waals surface area (Å²) in [5.74, 6) is -1.00. The molecule has 1 N–H and O–H groups in total. The summed E-state index contributed by atoms with van der Waals surface area (Å²) in [7, 11) is 0. The minimum Gasteiger partial charge on any atom is -0.478 e. The van der Waals surface area contributed by atoms with Gasteiger partial charge in [0.05, 0.1) is 5.56 Å². The first kappa shape index (κ1) is 12.0. The van der Waals surface area contributed by atoms with Crippen molar-refractivity contribution in [3.63, 3.8) is 0 Å². The highest BCUT2D eigenvalue weighted by molar-refractivity contribution is 6.34. The van der Waals surface area contributed by atoms with Crippen molar-refractivity contribution in [2.45, 2.75) is 0 Å². The topological polar surface area (TPSA) is 37.3 Å². The second-order valence-electron chi connectivity index (χ2n) is 3.47. The Kier molecular flexibility index (Phi) is 3.36. The van der Waals surface area contributed by atoms with Crippen LogP contribution >= 0.6 is 23.2 Å². The summed E-state index contributed by atoms with van der Waals surface area (Å²) in [5.41, 5.74) is 1.37. The number of rotatable bonds is 2. The lowest BCUT2D eigenvalue weighted by atomic mass is 10.00. The summed E-state index contributed by atoms with van der Waals surface area (Å²) >= 11 is 11.9. The molecule has 0 heterocycles. The van der Waals surface area contributed by atoms with Crippen LogP contribution < -0.4 is 0 Å². The maximum atomic E-state index is 11.1. The lowest BCUT2D eigenvalue weighted by Crippen LogP contribution is -1.99. The summed E-state index contributed by atoms with van der Waals surface area (Å²) < 4.78 is 0. The molecule has 0 aliphatic carbocycles. The number of hydrogen-bond acceptors (Lipinski definition) is 1. The van der Waals surface area contributed by atoms with Crippen LogP contribution in [0.5, 0.6) is 0 Å². The highest BCUT2D eigenvalue weighted by Gasteiger charge is 2.13. The van der Waals surface area contributed by atoms with Gasteiger partial charge in [0.25, 0.3) is 0 Å². The molecule has 0 atom stereocenters. The van der Waals surface area contributed by atoms with Crippen molar-refractivity contribution < 1.29 is 9.90 Å². The molecule has 86 valence electrons. The zero-order valence-corrected chi connectivity index (χ0v) is 10.2. The van der Waals surface area contributed by atoms with Gasteiger partial charge in [-0.1, -0.05) is 41.4 Å². The molecule has 2 aromatic rings. The molecule has 2 aromatic carbocycles. The average Bonchev–Trinajstić information content (AvgIpc) is 2.29. The van der Waals surface area contributed by atoms with E-state index >= 15 is 0 Å². The molecule has 17 heavy (non-hydrogen) atoms. The third kappa shape index (κ3) is 2.43. The van der Waals surface area contributed by atoms with Crippen molar-refractivity contribution in [2.75, 3.05) is 0 Å². The Labute approximate surface area is 108 Å². The normalized spacial score (nSPS) is 10.2. The minimum atomic E-state index is -1.00. The Hall–Kier alpha value is -1.51. The Bertz CT molecular complexity index is 579. The fourth-order valence-electron chi connectivity index (χ4n) is 1.61. The van der Waals surface area contributed by atoms with Gasteiger partial charge in [-0.3, -0.25) is 0 Å². The van der Waals surface area contributed by atoms with Gasteiger partial charge in [0, 0.05) is 15.6 Å². The first-order chi connectivity index (χ1) is 8.09. The summed E-state index contributed by atoms with van der Waals surface area (Å²) in [6.45, 7) is 0. The van der Waals surface area contributed by atoms with E-state index in [9.17, 15) is 4.79 Å². The second-order valence-corrected chi connectivity index (χ2v) is 4.32. The molecule has 0 saturated carbocycles. The van der Waals surface area contributed by atoms with Gasteiger partial charge in [0.15, 0.2) is 0 Å². The molecular formula is C13H8Cl2O2. The zero-order chi connectivity index (χ0) is 12.4. The fourth-order valence-corrected chi connectivity index (χ4v) is 2.02. The summed E-state index contributed by atoms with van der Waals surface area (Å²) in [4.78, 5) is 11.1. The molecule has 0 amide bonds. The van der Waals surface area contributed by atoms with Crippen molar-refractivity contribution in [2.24, 2.45) is 0 Å². The molecule has 0 radical (unpaired) electrons. The first-order valence-corrected chi connectivity index (χ1v) is 5.63. The van der Waals surface area contributed by atoms with Gasteiger partial charge in [0.1, 0.15) is 0 Å². The van der Waals surface area contributed by atoms with Crippen molar-refractivity contribution >= 4 is 29.2 Å². The number of halogens is 2. The van der Waals surface area contributed by atoms with Crippen molar-refractivity contribution in [1.29, 1.82) is 0 Å². The Balaban J connectivity index is 2.70. The standard InChI is InChI=1S/C13H8Cl2O2/c14-8-5-6-10(13(16)17)11(7-8)9-3-1-2-4-12(9)15/h1-7H,(H,16,17). The van der Waals surface area contributed by atoms with E-state index in [0.29, 0.717) is 21.2 Å². The van der Waals surface area contributed by atoms with Gasteiger partial charge in [-0.25, -0.2) is 4.79 Å². The van der Waals surface area contributed by atoms with E-state index in [4.69, 9.17) is 28.3 Å². The average molecular weight is 267 g/mol. The number of hydrogen-bond donors (Lipinski definition) is 1. The number of aromatic carboxylic acids is 1. The van der Waals surface area contributed by atoms with Gasteiger partial charge in [-0.2, -0.15) is 0 Å². The highest BCUT2D eigenvalue weighted by Crippen LogP contribution is 2.32. The maximum Gasteiger partial charge on any atom is 0.336 e. The molecule has 2 nitrogen and oxygen atoms in total. The highest BCUT2D eigenvalue weighted by atomic mass is 35.5. The van der Waals surface area contributed by atoms with Crippen molar-refractivity contribution in [3.05, 3.63) is 58.1 Å². The lowest BCUT2D eigenvalue weighted by Gasteiger charge is -2.08. The van der Waals surface area contributed by atoms with E-state index in [2.05, 4.69) is 0 Å². The summed E-state index contributed by atoms with van der Waals surface area (Å²) in [6.07, 6.45) is 0. The van der Waals surface area contributed by atoms with Crippen molar-refractivity contribution in [3.8, 4) is 11.1 Å². The third-order valence-corrected chi connectivity index (χ3v) is 2.94. The van der Waals surface area contributed by atoms with Gasteiger partial charge >= 0.3 is 5.97 Å². The van der Waals surface area contributed by atoms with E-state index in [-0.39, 0.29) is 5.56 Å². The monoisotopic (exact) mass is 266 g/mol. The molecular weight excluding hydrogens is 259 g/mol. The number of benzene rings is 2. The molecule has 0 fully saturated rings. The van der Waals surface area contributed by atoms with Crippen LogP contribution in [0.15, 0.2) is 42.5 Å². The van der Waals surface area contributed by atoms with Gasteiger partial charge < -0.3 is 5.11 Å².